The van der Waals surface area contributed by atoms with Crippen LogP contribution >= 0.6 is 0 Å². The predicted octanol–water partition coefficient (Wildman–Crippen LogP) is 3.40. The minimum atomic E-state index is -0.935. The number of aromatic nitrogens is 2. The highest BCUT2D eigenvalue weighted by molar-refractivity contribution is 6.47. The molecule has 5 heteroatoms. The summed E-state index contributed by atoms with van der Waals surface area (Å²) >= 11 is 0. The highest BCUT2D eigenvalue weighted by Gasteiger charge is 2.35. The molecule has 0 atom stereocenters. The number of fused-ring (bicyclic) bond motifs is 1. The molecular formula is C21H26BN2O2. The quantitative estimate of drug-likeness (QED) is 0.694. The maximum absolute atomic E-state index is 10.2. The molecule has 0 fully saturated rings. The van der Waals surface area contributed by atoms with Gasteiger partial charge < -0.3 is 9.76 Å². The Morgan fingerprint density at radius 1 is 1.04 bits per heavy atom. The predicted molar refractivity (Wildman–Crippen MR) is 107 cm³/mol. The standard InChI is InChI=1S/C21H26BN2O2/c1-6-19-23-17-9-7-8-10-18(17)24(19)16-13-11-15(12-14-16)22-26-21(4,5)20(2,3)25/h7-14,25H,6H2,1-5H3. The van der Waals surface area contributed by atoms with Gasteiger partial charge in [0.1, 0.15) is 5.82 Å². The van der Waals surface area contributed by atoms with Crippen LogP contribution in [-0.2, 0) is 11.1 Å². The van der Waals surface area contributed by atoms with Gasteiger partial charge in [0.05, 0.1) is 22.2 Å². The summed E-state index contributed by atoms with van der Waals surface area (Å²) in [7, 11) is 1.70. The van der Waals surface area contributed by atoms with Crippen molar-refractivity contribution in [2.24, 2.45) is 0 Å². The van der Waals surface area contributed by atoms with Crippen molar-refractivity contribution >= 4 is 24.0 Å². The van der Waals surface area contributed by atoms with E-state index in [1.807, 2.05) is 44.2 Å². The lowest BCUT2D eigenvalue weighted by atomic mass is 9.82. The van der Waals surface area contributed by atoms with Crippen molar-refractivity contribution in [3.63, 3.8) is 0 Å². The van der Waals surface area contributed by atoms with Crippen molar-refractivity contribution in [3.8, 4) is 5.69 Å². The van der Waals surface area contributed by atoms with Crippen molar-refractivity contribution in [1.29, 1.82) is 0 Å². The molecule has 0 unspecified atom stereocenters. The number of hydrogen-bond donors (Lipinski definition) is 1. The molecule has 0 aliphatic heterocycles. The Kier molecular flexibility index (Phi) is 4.95. The van der Waals surface area contributed by atoms with E-state index in [-0.39, 0.29) is 0 Å². The summed E-state index contributed by atoms with van der Waals surface area (Å²) in [6.07, 6.45) is 0.867. The van der Waals surface area contributed by atoms with E-state index < -0.39 is 11.2 Å². The van der Waals surface area contributed by atoms with Gasteiger partial charge in [-0.3, -0.25) is 4.57 Å². The zero-order valence-corrected chi connectivity index (χ0v) is 16.2. The van der Waals surface area contributed by atoms with Crippen molar-refractivity contribution in [3.05, 3.63) is 54.4 Å². The minimum Gasteiger partial charge on any atom is -0.427 e. The van der Waals surface area contributed by atoms with E-state index in [4.69, 9.17) is 9.64 Å². The van der Waals surface area contributed by atoms with Crippen LogP contribution in [0.15, 0.2) is 48.5 Å². The molecule has 1 heterocycles. The fourth-order valence-electron chi connectivity index (χ4n) is 2.66. The Labute approximate surface area is 156 Å². The average molecular weight is 349 g/mol. The van der Waals surface area contributed by atoms with Crippen molar-refractivity contribution in [2.45, 2.75) is 52.2 Å². The molecule has 2 aromatic carbocycles. The zero-order chi connectivity index (χ0) is 18.9. The van der Waals surface area contributed by atoms with Gasteiger partial charge in [-0.15, -0.1) is 0 Å². The van der Waals surface area contributed by atoms with Crippen LogP contribution in [-0.4, -0.2) is 33.3 Å². The molecule has 135 valence electrons. The monoisotopic (exact) mass is 349 g/mol. The van der Waals surface area contributed by atoms with Gasteiger partial charge in [0, 0.05) is 12.1 Å². The Hall–Kier alpha value is -2.11. The summed E-state index contributed by atoms with van der Waals surface area (Å²) in [5, 5.41) is 10.2. The third-order valence-electron chi connectivity index (χ3n) is 5.06. The SMILES string of the molecule is CCc1nc2ccccc2n1-c1ccc([B]OC(C)(C)C(C)(C)O)cc1. The Bertz CT molecular complexity index is 893. The Morgan fingerprint density at radius 3 is 2.31 bits per heavy atom. The van der Waals surface area contributed by atoms with Crippen molar-refractivity contribution < 1.29 is 9.76 Å². The number of benzene rings is 2. The normalized spacial score (nSPS) is 12.5. The summed E-state index contributed by atoms with van der Waals surface area (Å²) in [6, 6.07) is 16.4. The summed E-state index contributed by atoms with van der Waals surface area (Å²) in [5.41, 5.74) is 2.54. The van der Waals surface area contributed by atoms with Crippen LogP contribution in [0.1, 0.15) is 40.4 Å². The fraction of sp³-hybridized carbons (Fsp3) is 0.381. The summed E-state index contributed by atoms with van der Waals surface area (Å²) in [5.74, 6) is 1.04. The van der Waals surface area contributed by atoms with E-state index in [9.17, 15) is 5.11 Å². The lowest BCUT2D eigenvalue weighted by Gasteiger charge is -2.37. The van der Waals surface area contributed by atoms with E-state index in [2.05, 4.69) is 29.7 Å². The molecule has 26 heavy (non-hydrogen) atoms. The minimum absolute atomic E-state index is 0.679. The number of aliphatic hydroxyl groups is 1. The first-order valence-corrected chi connectivity index (χ1v) is 9.03. The van der Waals surface area contributed by atoms with E-state index in [1.54, 1.807) is 21.3 Å². The molecule has 3 rings (SSSR count). The van der Waals surface area contributed by atoms with E-state index in [1.165, 1.54) is 0 Å². The highest BCUT2D eigenvalue weighted by Crippen LogP contribution is 2.24. The van der Waals surface area contributed by atoms with Crippen LogP contribution in [0.2, 0.25) is 0 Å². The second-order valence-corrected chi connectivity index (χ2v) is 7.60. The third-order valence-corrected chi connectivity index (χ3v) is 5.06. The second kappa shape index (κ2) is 6.90. The first-order valence-electron chi connectivity index (χ1n) is 9.03. The smallest absolute Gasteiger partial charge is 0.330 e. The molecule has 0 saturated heterocycles. The van der Waals surface area contributed by atoms with E-state index in [0.717, 1.165) is 34.4 Å². The number of hydrogen-bond acceptors (Lipinski definition) is 3. The molecule has 0 aliphatic rings. The first-order chi connectivity index (χ1) is 12.2. The molecule has 0 bridgehead atoms. The van der Waals surface area contributed by atoms with E-state index >= 15 is 0 Å². The van der Waals surface area contributed by atoms with Gasteiger partial charge in [0.25, 0.3) is 0 Å². The molecule has 1 N–H and O–H groups in total. The molecule has 0 amide bonds. The maximum atomic E-state index is 10.2. The Balaban J connectivity index is 1.85. The van der Waals surface area contributed by atoms with Gasteiger partial charge in [0.2, 0.25) is 0 Å². The number of nitrogens with zero attached hydrogens (tertiary/aromatic N) is 2. The summed E-state index contributed by atoms with van der Waals surface area (Å²) < 4.78 is 8.03. The number of rotatable bonds is 6. The summed E-state index contributed by atoms with van der Waals surface area (Å²) in [4.78, 5) is 4.73. The highest BCUT2D eigenvalue weighted by atomic mass is 16.5. The number of para-hydroxylation sites is 2. The molecule has 1 radical (unpaired) electrons. The third kappa shape index (κ3) is 3.55. The number of imidazole rings is 1. The molecule has 0 spiro atoms. The van der Waals surface area contributed by atoms with Gasteiger partial charge in [-0.05, 0) is 52.0 Å². The first kappa shape index (κ1) is 18.7. The van der Waals surface area contributed by atoms with Crippen LogP contribution in [0.5, 0.6) is 0 Å². The number of aryl methyl sites for hydroxylation is 1. The molecule has 4 nitrogen and oxygen atoms in total. The van der Waals surface area contributed by atoms with Crippen LogP contribution in [0.3, 0.4) is 0 Å². The maximum Gasteiger partial charge on any atom is 0.330 e. The molecule has 1 aromatic heterocycles. The molecule has 0 aliphatic carbocycles. The van der Waals surface area contributed by atoms with Crippen molar-refractivity contribution in [2.75, 3.05) is 0 Å². The zero-order valence-electron chi connectivity index (χ0n) is 16.2. The van der Waals surface area contributed by atoms with Crippen LogP contribution in [0.25, 0.3) is 16.7 Å². The van der Waals surface area contributed by atoms with Gasteiger partial charge in [-0.25, -0.2) is 4.98 Å². The largest absolute Gasteiger partial charge is 0.427 e. The van der Waals surface area contributed by atoms with Gasteiger partial charge in [0.15, 0.2) is 0 Å². The average Bonchev–Trinajstić information content (AvgIpc) is 2.98. The van der Waals surface area contributed by atoms with Crippen molar-refractivity contribution in [1.82, 2.24) is 9.55 Å². The van der Waals surface area contributed by atoms with E-state index in [0.29, 0.717) is 0 Å². The second-order valence-electron chi connectivity index (χ2n) is 7.60. The van der Waals surface area contributed by atoms with Crippen LogP contribution < -0.4 is 5.46 Å². The lowest BCUT2D eigenvalue weighted by molar-refractivity contribution is -0.0893. The lowest BCUT2D eigenvalue weighted by Crippen LogP contribution is -2.49. The van der Waals surface area contributed by atoms with Crippen LogP contribution in [0, 0.1) is 0 Å². The van der Waals surface area contributed by atoms with Gasteiger partial charge in [-0.2, -0.15) is 0 Å². The Morgan fingerprint density at radius 2 is 1.69 bits per heavy atom. The van der Waals surface area contributed by atoms with Crippen LogP contribution in [0.4, 0.5) is 0 Å². The fourth-order valence-corrected chi connectivity index (χ4v) is 2.66. The summed E-state index contributed by atoms with van der Waals surface area (Å²) in [6.45, 7) is 9.37. The van der Waals surface area contributed by atoms with Gasteiger partial charge in [-0.1, -0.05) is 36.7 Å². The van der Waals surface area contributed by atoms with Gasteiger partial charge >= 0.3 is 7.48 Å². The molecule has 0 saturated carbocycles. The topological polar surface area (TPSA) is 47.3 Å². The molecule has 3 aromatic rings. The molecular weight excluding hydrogens is 323 g/mol.